The van der Waals surface area contributed by atoms with Crippen molar-refractivity contribution in [3.8, 4) is 11.3 Å². The van der Waals surface area contributed by atoms with Crippen LogP contribution in [0.2, 0.25) is 0 Å². The zero-order valence-electron chi connectivity index (χ0n) is 15.7. The molecule has 1 aliphatic heterocycles. The number of nitrogens with zero attached hydrogens (tertiary/aromatic N) is 3. The molecule has 1 amide bonds. The lowest BCUT2D eigenvalue weighted by Gasteiger charge is -2.26. The summed E-state index contributed by atoms with van der Waals surface area (Å²) in [6.45, 7) is 6.12. The van der Waals surface area contributed by atoms with Gasteiger partial charge in [0.1, 0.15) is 5.82 Å². The third kappa shape index (κ3) is 4.44. The Morgan fingerprint density at radius 3 is 2.75 bits per heavy atom. The van der Waals surface area contributed by atoms with Crippen LogP contribution in [0.4, 0.5) is 5.82 Å². The van der Waals surface area contributed by atoms with Crippen LogP contribution in [0, 0.1) is 6.92 Å². The first-order valence-corrected chi connectivity index (χ1v) is 10.2. The number of amides is 1. The third-order valence-corrected chi connectivity index (χ3v) is 5.41. The maximum absolute atomic E-state index is 12.6. The smallest absolute Gasteiger partial charge is 0.258 e. The fourth-order valence-corrected chi connectivity index (χ4v) is 3.81. The van der Waals surface area contributed by atoms with E-state index >= 15 is 0 Å². The number of aromatic nitrogens is 2. The summed E-state index contributed by atoms with van der Waals surface area (Å²) in [5.74, 6) is 0.340. The molecule has 0 aromatic carbocycles. The summed E-state index contributed by atoms with van der Waals surface area (Å²) in [7, 11) is 0. The van der Waals surface area contributed by atoms with Crippen molar-refractivity contribution < 1.29 is 9.53 Å². The summed E-state index contributed by atoms with van der Waals surface area (Å²) in [5, 5.41) is 6.92. The topological polar surface area (TPSA) is 67.4 Å². The molecule has 28 heavy (non-hydrogen) atoms. The zero-order chi connectivity index (χ0) is 19.3. The van der Waals surface area contributed by atoms with Crippen molar-refractivity contribution >= 4 is 23.1 Å². The molecule has 144 valence electrons. The van der Waals surface area contributed by atoms with Crippen molar-refractivity contribution in [2.45, 2.75) is 13.5 Å². The molecule has 0 bridgehead atoms. The van der Waals surface area contributed by atoms with Gasteiger partial charge in [0.2, 0.25) is 0 Å². The number of pyridine rings is 2. The number of rotatable bonds is 5. The first-order valence-electron chi connectivity index (χ1n) is 9.25. The van der Waals surface area contributed by atoms with E-state index in [0.717, 1.165) is 49.7 Å². The highest BCUT2D eigenvalue weighted by atomic mass is 32.1. The molecule has 4 heterocycles. The molecule has 4 rings (SSSR count). The maximum Gasteiger partial charge on any atom is 0.258 e. The fourth-order valence-electron chi connectivity index (χ4n) is 3.17. The average Bonchev–Trinajstić information content (AvgIpc) is 3.25. The van der Waals surface area contributed by atoms with Crippen LogP contribution in [0.15, 0.2) is 47.3 Å². The molecular weight excluding hydrogens is 372 g/mol. The van der Waals surface area contributed by atoms with Crippen LogP contribution in [0.5, 0.6) is 0 Å². The molecule has 0 atom stereocenters. The van der Waals surface area contributed by atoms with E-state index in [9.17, 15) is 4.79 Å². The van der Waals surface area contributed by atoms with Gasteiger partial charge in [0, 0.05) is 36.8 Å². The van der Waals surface area contributed by atoms with Gasteiger partial charge in [0.05, 0.1) is 30.2 Å². The van der Waals surface area contributed by atoms with Gasteiger partial charge in [-0.25, -0.2) is 4.98 Å². The largest absolute Gasteiger partial charge is 0.379 e. The maximum atomic E-state index is 12.6. The lowest BCUT2D eigenvalue weighted by atomic mass is 10.1. The van der Waals surface area contributed by atoms with Crippen LogP contribution in [0.3, 0.4) is 0 Å². The van der Waals surface area contributed by atoms with Gasteiger partial charge in [-0.2, -0.15) is 11.3 Å². The Balaban J connectivity index is 1.40. The van der Waals surface area contributed by atoms with Crippen LogP contribution in [0.1, 0.15) is 21.6 Å². The van der Waals surface area contributed by atoms with Crippen LogP contribution < -0.4 is 5.32 Å². The van der Waals surface area contributed by atoms with E-state index in [2.05, 4.69) is 20.2 Å². The molecule has 1 aliphatic rings. The highest BCUT2D eigenvalue weighted by Crippen LogP contribution is 2.22. The van der Waals surface area contributed by atoms with E-state index in [-0.39, 0.29) is 5.91 Å². The SMILES string of the molecule is Cc1nc(-c2ccsc2)ccc1C(=O)Nc1ccc(CN2CCOCC2)cn1. The van der Waals surface area contributed by atoms with Crippen molar-refractivity contribution in [3.05, 3.63) is 64.1 Å². The van der Waals surface area contributed by atoms with E-state index in [1.54, 1.807) is 11.3 Å². The van der Waals surface area contributed by atoms with E-state index in [0.29, 0.717) is 17.1 Å². The third-order valence-electron chi connectivity index (χ3n) is 4.72. The average molecular weight is 395 g/mol. The van der Waals surface area contributed by atoms with Crippen molar-refractivity contribution in [1.82, 2.24) is 14.9 Å². The summed E-state index contributed by atoms with van der Waals surface area (Å²) >= 11 is 1.63. The van der Waals surface area contributed by atoms with Crippen molar-refractivity contribution in [3.63, 3.8) is 0 Å². The lowest BCUT2D eigenvalue weighted by Crippen LogP contribution is -2.35. The van der Waals surface area contributed by atoms with Gasteiger partial charge in [0.15, 0.2) is 0 Å². The molecule has 6 nitrogen and oxygen atoms in total. The van der Waals surface area contributed by atoms with Crippen molar-refractivity contribution in [2.24, 2.45) is 0 Å². The summed E-state index contributed by atoms with van der Waals surface area (Å²) in [6.07, 6.45) is 1.82. The number of nitrogens with one attached hydrogen (secondary N) is 1. The standard InChI is InChI=1S/C21H22N4O2S/c1-15-18(3-4-19(23-15)17-6-11-28-14-17)21(26)24-20-5-2-16(12-22-20)13-25-7-9-27-10-8-25/h2-6,11-12,14H,7-10,13H2,1H3,(H,22,24,26). The van der Waals surface area contributed by atoms with E-state index in [1.807, 2.05) is 54.2 Å². The Hall–Kier alpha value is -2.61. The number of aryl methyl sites for hydroxylation is 1. The molecule has 0 radical (unpaired) electrons. The van der Waals surface area contributed by atoms with Crippen LogP contribution in [-0.4, -0.2) is 47.1 Å². The Morgan fingerprint density at radius 1 is 1.21 bits per heavy atom. The molecule has 1 N–H and O–H groups in total. The second kappa shape index (κ2) is 8.60. The van der Waals surface area contributed by atoms with E-state index in [4.69, 9.17) is 4.74 Å². The highest BCUT2D eigenvalue weighted by molar-refractivity contribution is 7.08. The minimum atomic E-state index is -0.199. The number of carbonyl (C=O) groups is 1. The van der Waals surface area contributed by atoms with Crippen molar-refractivity contribution in [2.75, 3.05) is 31.6 Å². The number of hydrogen-bond acceptors (Lipinski definition) is 6. The Kier molecular flexibility index (Phi) is 5.76. The Bertz CT molecular complexity index is 936. The van der Waals surface area contributed by atoms with Crippen LogP contribution in [-0.2, 0) is 11.3 Å². The second-order valence-corrected chi connectivity index (χ2v) is 7.52. The molecule has 3 aromatic rings. The van der Waals surface area contributed by atoms with Crippen LogP contribution >= 0.6 is 11.3 Å². The molecule has 3 aromatic heterocycles. The summed E-state index contributed by atoms with van der Waals surface area (Å²) in [6, 6.07) is 9.56. The molecule has 7 heteroatoms. The zero-order valence-corrected chi connectivity index (χ0v) is 16.5. The molecule has 1 saturated heterocycles. The summed E-state index contributed by atoms with van der Waals surface area (Å²) in [5.41, 5.74) is 4.32. The predicted molar refractivity (Wildman–Crippen MR) is 111 cm³/mol. The molecular formula is C21H22N4O2S. The first-order chi connectivity index (χ1) is 13.7. The Labute approximate surface area is 168 Å². The number of anilines is 1. The lowest BCUT2D eigenvalue weighted by molar-refractivity contribution is 0.0341. The van der Waals surface area contributed by atoms with Gasteiger partial charge >= 0.3 is 0 Å². The summed E-state index contributed by atoms with van der Waals surface area (Å²) in [4.78, 5) is 23.9. The minimum absolute atomic E-state index is 0.199. The number of ether oxygens (including phenoxy) is 1. The number of hydrogen-bond donors (Lipinski definition) is 1. The summed E-state index contributed by atoms with van der Waals surface area (Å²) < 4.78 is 5.37. The monoisotopic (exact) mass is 394 g/mol. The Morgan fingerprint density at radius 2 is 2.07 bits per heavy atom. The quantitative estimate of drug-likeness (QED) is 0.716. The van der Waals surface area contributed by atoms with Gasteiger partial charge in [0.25, 0.3) is 5.91 Å². The predicted octanol–water partition coefficient (Wildman–Crippen LogP) is 3.60. The number of thiophene rings is 1. The molecule has 0 aliphatic carbocycles. The molecule has 1 fully saturated rings. The fraction of sp³-hybridized carbons (Fsp3) is 0.286. The van der Waals surface area contributed by atoms with E-state index in [1.165, 1.54) is 0 Å². The minimum Gasteiger partial charge on any atom is -0.379 e. The van der Waals surface area contributed by atoms with Gasteiger partial charge in [-0.1, -0.05) is 6.07 Å². The molecule has 0 unspecified atom stereocenters. The van der Waals surface area contributed by atoms with Gasteiger partial charge < -0.3 is 10.1 Å². The van der Waals surface area contributed by atoms with Crippen LogP contribution in [0.25, 0.3) is 11.3 Å². The van der Waals surface area contributed by atoms with Gasteiger partial charge in [-0.05, 0) is 42.1 Å². The normalized spacial score (nSPS) is 14.8. The van der Waals surface area contributed by atoms with Gasteiger partial charge in [-0.3, -0.25) is 14.7 Å². The molecule has 0 saturated carbocycles. The molecule has 0 spiro atoms. The van der Waals surface area contributed by atoms with Gasteiger partial charge in [-0.15, -0.1) is 0 Å². The van der Waals surface area contributed by atoms with E-state index < -0.39 is 0 Å². The van der Waals surface area contributed by atoms with Crippen molar-refractivity contribution in [1.29, 1.82) is 0 Å². The number of morpholine rings is 1. The number of carbonyl (C=O) groups excluding carboxylic acids is 1. The first kappa shape index (κ1) is 18.7. The highest BCUT2D eigenvalue weighted by Gasteiger charge is 2.14. The second-order valence-electron chi connectivity index (χ2n) is 6.74.